The van der Waals surface area contributed by atoms with E-state index in [1.807, 2.05) is 43.3 Å². The van der Waals surface area contributed by atoms with Crippen molar-refractivity contribution >= 4 is 17.3 Å². The van der Waals surface area contributed by atoms with E-state index in [1.54, 1.807) is 7.11 Å². The first kappa shape index (κ1) is 14.7. The molecule has 0 bridgehead atoms. The van der Waals surface area contributed by atoms with Crippen LogP contribution >= 0.6 is 11.6 Å². The minimum atomic E-state index is 0.0563. The van der Waals surface area contributed by atoms with Gasteiger partial charge in [0.05, 0.1) is 13.2 Å². The van der Waals surface area contributed by atoms with Crippen LogP contribution in [0, 0.1) is 6.92 Å². The molecule has 20 heavy (non-hydrogen) atoms. The normalized spacial score (nSPS) is 12.0. The molecule has 0 fully saturated rings. The number of anilines is 1. The number of ether oxygens (including phenoxy) is 1. The van der Waals surface area contributed by atoms with Gasteiger partial charge in [-0.05, 0) is 48.4 Å². The van der Waals surface area contributed by atoms with Crippen molar-refractivity contribution in [2.75, 3.05) is 19.0 Å². The maximum Gasteiger partial charge on any atom is 0.121 e. The van der Waals surface area contributed by atoms with Crippen LogP contribution in [0.1, 0.15) is 17.2 Å². The summed E-state index contributed by atoms with van der Waals surface area (Å²) in [6, 6.07) is 13.8. The quantitative estimate of drug-likeness (QED) is 0.881. The Morgan fingerprint density at radius 2 is 1.90 bits per heavy atom. The average Bonchev–Trinajstić information content (AvgIpc) is 2.46. The molecule has 2 aromatic rings. The third-order valence-electron chi connectivity index (χ3n) is 3.24. The lowest BCUT2D eigenvalue weighted by atomic mass is 10.0. The highest BCUT2D eigenvalue weighted by Gasteiger charge is 2.11. The minimum absolute atomic E-state index is 0.0563. The van der Waals surface area contributed by atoms with E-state index in [0.717, 1.165) is 27.6 Å². The summed E-state index contributed by atoms with van der Waals surface area (Å²) >= 11 is 5.89. The molecule has 1 unspecified atom stereocenters. The van der Waals surface area contributed by atoms with Gasteiger partial charge in [0.1, 0.15) is 5.75 Å². The Kier molecular flexibility index (Phi) is 4.88. The van der Waals surface area contributed by atoms with E-state index in [-0.39, 0.29) is 6.04 Å². The molecule has 0 saturated heterocycles. The van der Waals surface area contributed by atoms with Gasteiger partial charge in [-0.3, -0.25) is 0 Å². The van der Waals surface area contributed by atoms with Crippen molar-refractivity contribution in [1.82, 2.24) is 0 Å². The first-order valence-corrected chi connectivity index (χ1v) is 6.88. The van der Waals surface area contributed by atoms with Crippen molar-refractivity contribution in [2.45, 2.75) is 13.0 Å². The van der Waals surface area contributed by atoms with Crippen LogP contribution in [0.2, 0.25) is 5.02 Å². The second-order valence-corrected chi connectivity index (χ2v) is 5.11. The number of rotatable bonds is 5. The van der Waals surface area contributed by atoms with E-state index < -0.39 is 0 Å². The third-order valence-corrected chi connectivity index (χ3v) is 3.49. The standard InChI is InChI=1S/C16H19ClN2O/c1-11-9-12(3-8-16(11)20-2)15(10-18)19-14-6-4-13(17)5-7-14/h3-9,15,19H,10,18H2,1-2H3. The number of halogens is 1. The van der Waals surface area contributed by atoms with Crippen LogP contribution in [-0.2, 0) is 0 Å². The van der Waals surface area contributed by atoms with E-state index in [0.29, 0.717) is 6.54 Å². The summed E-state index contributed by atoms with van der Waals surface area (Å²) in [5.74, 6) is 0.885. The van der Waals surface area contributed by atoms with E-state index in [4.69, 9.17) is 22.1 Å². The molecule has 0 aliphatic heterocycles. The van der Waals surface area contributed by atoms with Crippen LogP contribution < -0.4 is 15.8 Å². The van der Waals surface area contributed by atoms with Crippen molar-refractivity contribution in [2.24, 2.45) is 5.73 Å². The Bertz CT molecular complexity index is 569. The summed E-state index contributed by atoms with van der Waals surface area (Å²) in [7, 11) is 1.67. The van der Waals surface area contributed by atoms with E-state index in [2.05, 4.69) is 11.4 Å². The van der Waals surface area contributed by atoms with E-state index in [9.17, 15) is 0 Å². The zero-order valence-corrected chi connectivity index (χ0v) is 12.4. The van der Waals surface area contributed by atoms with Crippen molar-refractivity contribution < 1.29 is 4.74 Å². The molecule has 0 radical (unpaired) electrons. The number of nitrogens with two attached hydrogens (primary N) is 1. The van der Waals surface area contributed by atoms with E-state index in [1.165, 1.54) is 0 Å². The van der Waals surface area contributed by atoms with Crippen molar-refractivity contribution in [1.29, 1.82) is 0 Å². The molecule has 0 spiro atoms. The summed E-state index contributed by atoms with van der Waals surface area (Å²) in [5, 5.41) is 4.13. The second-order valence-electron chi connectivity index (χ2n) is 4.67. The second kappa shape index (κ2) is 6.64. The number of methoxy groups -OCH3 is 1. The van der Waals surface area contributed by atoms with E-state index >= 15 is 0 Å². The lowest BCUT2D eigenvalue weighted by Crippen LogP contribution is -2.20. The van der Waals surface area contributed by atoms with Crippen molar-refractivity contribution in [3.63, 3.8) is 0 Å². The monoisotopic (exact) mass is 290 g/mol. The smallest absolute Gasteiger partial charge is 0.121 e. The van der Waals surface area contributed by atoms with Crippen molar-refractivity contribution in [3.8, 4) is 5.75 Å². The molecule has 3 nitrogen and oxygen atoms in total. The van der Waals surface area contributed by atoms with Gasteiger partial charge in [-0.25, -0.2) is 0 Å². The number of hydrogen-bond acceptors (Lipinski definition) is 3. The van der Waals surface area contributed by atoms with Crippen LogP contribution in [-0.4, -0.2) is 13.7 Å². The van der Waals surface area contributed by atoms with Gasteiger partial charge in [0.2, 0.25) is 0 Å². The molecule has 106 valence electrons. The molecule has 2 rings (SSSR count). The Balaban J connectivity index is 2.19. The van der Waals surface area contributed by atoms with Crippen LogP contribution in [0.25, 0.3) is 0 Å². The topological polar surface area (TPSA) is 47.3 Å². The SMILES string of the molecule is COc1ccc(C(CN)Nc2ccc(Cl)cc2)cc1C. The van der Waals surface area contributed by atoms with Crippen LogP contribution in [0.15, 0.2) is 42.5 Å². The molecule has 1 atom stereocenters. The fourth-order valence-electron chi connectivity index (χ4n) is 2.14. The van der Waals surface area contributed by atoms with Crippen LogP contribution in [0.3, 0.4) is 0 Å². The lowest BCUT2D eigenvalue weighted by molar-refractivity contribution is 0.411. The molecule has 0 heterocycles. The molecule has 0 aliphatic carbocycles. The summed E-state index contributed by atoms with van der Waals surface area (Å²) in [5.41, 5.74) is 9.12. The number of benzene rings is 2. The molecular formula is C16H19ClN2O. The lowest BCUT2D eigenvalue weighted by Gasteiger charge is -2.20. The molecule has 2 aromatic carbocycles. The van der Waals surface area contributed by atoms with Crippen molar-refractivity contribution in [3.05, 3.63) is 58.6 Å². The van der Waals surface area contributed by atoms with Gasteiger partial charge in [-0.1, -0.05) is 23.7 Å². The first-order valence-electron chi connectivity index (χ1n) is 6.50. The largest absolute Gasteiger partial charge is 0.496 e. The summed E-state index contributed by atoms with van der Waals surface area (Å²) in [6.45, 7) is 2.53. The Morgan fingerprint density at radius 3 is 2.45 bits per heavy atom. The van der Waals surface area contributed by atoms with Gasteiger partial charge in [-0.15, -0.1) is 0 Å². The number of nitrogens with one attached hydrogen (secondary N) is 1. The number of aryl methyl sites for hydroxylation is 1. The Morgan fingerprint density at radius 1 is 1.20 bits per heavy atom. The maximum absolute atomic E-state index is 5.89. The van der Waals surface area contributed by atoms with Gasteiger partial charge in [0.15, 0.2) is 0 Å². The van der Waals surface area contributed by atoms with Gasteiger partial charge >= 0.3 is 0 Å². The Hall–Kier alpha value is -1.71. The molecule has 0 aromatic heterocycles. The summed E-state index contributed by atoms with van der Waals surface area (Å²) in [6.07, 6.45) is 0. The molecule has 4 heteroatoms. The van der Waals surface area contributed by atoms with Gasteiger partial charge < -0.3 is 15.8 Å². The fourth-order valence-corrected chi connectivity index (χ4v) is 2.27. The van der Waals surface area contributed by atoms with Gasteiger partial charge in [-0.2, -0.15) is 0 Å². The van der Waals surface area contributed by atoms with Gasteiger partial charge in [0, 0.05) is 17.3 Å². The third kappa shape index (κ3) is 3.44. The molecule has 3 N–H and O–H groups in total. The summed E-state index contributed by atoms with van der Waals surface area (Å²) in [4.78, 5) is 0. The predicted octanol–water partition coefficient (Wildman–Crippen LogP) is 3.77. The van der Waals surface area contributed by atoms with Gasteiger partial charge in [0.25, 0.3) is 0 Å². The number of hydrogen-bond donors (Lipinski definition) is 2. The average molecular weight is 291 g/mol. The highest BCUT2D eigenvalue weighted by Crippen LogP contribution is 2.25. The van der Waals surface area contributed by atoms with Crippen LogP contribution in [0.5, 0.6) is 5.75 Å². The highest BCUT2D eigenvalue weighted by atomic mass is 35.5. The molecule has 0 saturated carbocycles. The highest BCUT2D eigenvalue weighted by molar-refractivity contribution is 6.30. The first-order chi connectivity index (χ1) is 9.63. The Labute approximate surface area is 124 Å². The zero-order valence-electron chi connectivity index (χ0n) is 11.7. The fraction of sp³-hybridized carbons (Fsp3) is 0.250. The summed E-state index contributed by atoms with van der Waals surface area (Å²) < 4.78 is 5.28. The molecule has 0 aliphatic rings. The zero-order chi connectivity index (χ0) is 14.5. The van der Waals surface area contributed by atoms with Crippen LogP contribution in [0.4, 0.5) is 5.69 Å². The molecule has 0 amide bonds. The molecular weight excluding hydrogens is 272 g/mol. The predicted molar refractivity (Wildman–Crippen MR) is 84.6 cm³/mol. The maximum atomic E-state index is 5.89. The minimum Gasteiger partial charge on any atom is -0.496 e.